The Hall–Kier alpha value is -1.82. The minimum absolute atomic E-state index is 0.00168. The average Bonchev–Trinajstić information content (AvgIpc) is 3.13. The van der Waals surface area contributed by atoms with E-state index >= 15 is 0 Å². The number of nitrogens with one attached hydrogen (secondary N) is 1. The lowest BCUT2D eigenvalue weighted by Crippen LogP contribution is -2.33. The molecule has 1 atom stereocenters. The lowest BCUT2D eigenvalue weighted by atomic mass is 10.1. The third kappa shape index (κ3) is 5.71. The maximum Gasteiger partial charge on any atom is 0.225 e. The predicted molar refractivity (Wildman–Crippen MR) is 85.5 cm³/mol. The lowest BCUT2D eigenvalue weighted by Gasteiger charge is -2.15. The second-order valence-electron chi connectivity index (χ2n) is 6.37. The van der Waals surface area contributed by atoms with Gasteiger partial charge in [-0.05, 0) is 24.5 Å². The van der Waals surface area contributed by atoms with Crippen LogP contribution < -0.4 is 5.32 Å². The van der Waals surface area contributed by atoms with Gasteiger partial charge in [0.05, 0.1) is 18.7 Å². The van der Waals surface area contributed by atoms with Gasteiger partial charge in [0, 0.05) is 32.7 Å². The number of amides is 2. The monoisotopic (exact) mass is 322 g/mol. The number of nitrogens with zero attached hydrogens (tertiary/aromatic N) is 1. The summed E-state index contributed by atoms with van der Waals surface area (Å²) >= 11 is 0. The van der Waals surface area contributed by atoms with Crippen LogP contribution in [0.2, 0.25) is 0 Å². The molecule has 0 aliphatic carbocycles. The number of ether oxygens (including phenoxy) is 1. The summed E-state index contributed by atoms with van der Waals surface area (Å²) in [5.74, 6) is 0.941. The van der Waals surface area contributed by atoms with E-state index in [4.69, 9.17) is 9.15 Å². The molecule has 6 heteroatoms. The molecule has 1 saturated heterocycles. The second-order valence-corrected chi connectivity index (χ2v) is 6.37. The summed E-state index contributed by atoms with van der Waals surface area (Å²) < 4.78 is 10.7. The Balaban J connectivity index is 1.64. The van der Waals surface area contributed by atoms with Gasteiger partial charge in [-0.3, -0.25) is 9.59 Å². The summed E-state index contributed by atoms with van der Waals surface area (Å²) in [6.45, 7) is 7.06. The third-order valence-corrected chi connectivity index (χ3v) is 3.73. The van der Waals surface area contributed by atoms with Crippen molar-refractivity contribution in [1.82, 2.24) is 10.2 Å². The molecule has 2 amide bonds. The van der Waals surface area contributed by atoms with Gasteiger partial charge in [0.15, 0.2) is 0 Å². The Morgan fingerprint density at radius 2 is 2.35 bits per heavy atom. The number of likely N-dealkylation sites (tertiary alicyclic amines) is 1. The lowest BCUT2D eigenvalue weighted by molar-refractivity contribution is -0.129. The van der Waals surface area contributed by atoms with Crippen LogP contribution in [0.1, 0.15) is 32.4 Å². The van der Waals surface area contributed by atoms with Crippen LogP contribution in [0.15, 0.2) is 22.8 Å². The molecule has 0 spiro atoms. The molecule has 0 radical (unpaired) electrons. The highest BCUT2D eigenvalue weighted by atomic mass is 16.5. The quantitative estimate of drug-likeness (QED) is 0.704. The molecule has 1 fully saturated rings. The van der Waals surface area contributed by atoms with E-state index in [1.807, 2.05) is 6.07 Å². The van der Waals surface area contributed by atoms with Gasteiger partial charge in [-0.25, -0.2) is 0 Å². The van der Waals surface area contributed by atoms with E-state index in [1.54, 1.807) is 17.2 Å². The molecule has 0 bridgehead atoms. The topological polar surface area (TPSA) is 71.8 Å². The van der Waals surface area contributed by atoms with Crippen molar-refractivity contribution in [2.45, 2.75) is 33.2 Å². The highest BCUT2D eigenvalue weighted by Gasteiger charge is 2.34. The molecule has 0 aromatic carbocycles. The van der Waals surface area contributed by atoms with Crippen molar-refractivity contribution < 1.29 is 18.7 Å². The van der Waals surface area contributed by atoms with Crippen molar-refractivity contribution in [3.8, 4) is 0 Å². The zero-order valence-corrected chi connectivity index (χ0v) is 13.9. The summed E-state index contributed by atoms with van der Waals surface area (Å²) in [7, 11) is 0. The van der Waals surface area contributed by atoms with Gasteiger partial charge >= 0.3 is 0 Å². The van der Waals surface area contributed by atoms with Crippen molar-refractivity contribution in [2.24, 2.45) is 11.8 Å². The van der Waals surface area contributed by atoms with Gasteiger partial charge in [-0.15, -0.1) is 0 Å². The van der Waals surface area contributed by atoms with E-state index < -0.39 is 0 Å². The van der Waals surface area contributed by atoms with Gasteiger partial charge < -0.3 is 19.4 Å². The fourth-order valence-electron chi connectivity index (χ4n) is 2.54. The van der Waals surface area contributed by atoms with E-state index in [0.29, 0.717) is 32.2 Å². The minimum Gasteiger partial charge on any atom is -0.467 e. The molecule has 1 aliphatic rings. The van der Waals surface area contributed by atoms with E-state index in [0.717, 1.165) is 18.8 Å². The fraction of sp³-hybridized carbons (Fsp3) is 0.647. The number of rotatable bonds is 9. The minimum atomic E-state index is -0.269. The van der Waals surface area contributed by atoms with Crippen LogP contribution in [0, 0.1) is 11.8 Å². The summed E-state index contributed by atoms with van der Waals surface area (Å²) in [5.41, 5.74) is 0. The number of carbonyl (C=O) groups is 2. The molecule has 1 N–H and O–H groups in total. The fourth-order valence-corrected chi connectivity index (χ4v) is 2.54. The average molecular weight is 322 g/mol. The van der Waals surface area contributed by atoms with Gasteiger partial charge in [0.2, 0.25) is 11.8 Å². The molecular weight excluding hydrogens is 296 g/mol. The van der Waals surface area contributed by atoms with E-state index in [-0.39, 0.29) is 24.2 Å². The van der Waals surface area contributed by atoms with E-state index in [9.17, 15) is 9.59 Å². The molecule has 1 unspecified atom stereocenters. The van der Waals surface area contributed by atoms with Gasteiger partial charge in [0.1, 0.15) is 5.76 Å². The molecule has 1 aliphatic heterocycles. The van der Waals surface area contributed by atoms with E-state index in [1.165, 1.54) is 0 Å². The summed E-state index contributed by atoms with van der Waals surface area (Å²) in [6.07, 6.45) is 2.65. The SMILES string of the molecule is CC(C)COCCCNC(=O)C1CC(=O)N(Cc2ccco2)C1. The van der Waals surface area contributed by atoms with Crippen LogP contribution in [0.5, 0.6) is 0 Å². The summed E-state index contributed by atoms with van der Waals surface area (Å²) in [4.78, 5) is 25.8. The first kappa shape index (κ1) is 17.5. The Morgan fingerprint density at radius 3 is 3.04 bits per heavy atom. The normalized spacial score (nSPS) is 18.0. The molecule has 23 heavy (non-hydrogen) atoms. The van der Waals surface area contributed by atoms with Crippen LogP contribution >= 0.6 is 0 Å². The van der Waals surface area contributed by atoms with Crippen molar-refractivity contribution in [1.29, 1.82) is 0 Å². The first-order chi connectivity index (χ1) is 11.1. The van der Waals surface area contributed by atoms with Crippen LogP contribution in [0.25, 0.3) is 0 Å². The summed E-state index contributed by atoms with van der Waals surface area (Å²) in [6, 6.07) is 3.62. The second kappa shape index (κ2) is 8.72. The van der Waals surface area contributed by atoms with Gasteiger partial charge in [0.25, 0.3) is 0 Å². The molecular formula is C17H26N2O4. The van der Waals surface area contributed by atoms with Crippen LogP contribution in [-0.2, 0) is 20.9 Å². The van der Waals surface area contributed by atoms with E-state index in [2.05, 4.69) is 19.2 Å². The van der Waals surface area contributed by atoms with Gasteiger partial charge in [-0.2, -0.15) is 0 Å². The number of hydrogen-bond acceptors (Lipinski definition) is 4. The Kier molecular flexibility index (Phi) is 6.65. The third-order valence-electron chi connectivity index (χ3n) is 3.73. The molecule has 1 aromatic heterocycles. The molecule has 2 heterocycles. The molecule has 6 nitrogen and oxygen atoms in total. The first-order valence-corrected chi connectivity index (χ1v) is 8.22. The zero-order valence-electron chi connectivity index (χ0n) is 13.9. The van der Waals surface area contributed by atoms with Crippen LogP contribution in [0.4, 0.5) is 0 Å². The number of carbonyl (C=O) groups excluding carboxylic acids is 2. The Morgan fingerprint density at radius 1 is 1.52 bits per heavy atom. The van der Waals surface area contributed by atoms with Crippen LogP contribution in [0.3, 0.4) is 0 Å². The van der Waals surface area contributed by atoms with Crippen molar-refractivity contribution in [3.63, 3.8) is 0 Å². The van der Waals surface area contributed by atoms with Gasteiger partial charge in [-0.1, -0.05) is 13.8 Å². The largest absolute Gasteiger partial charge is 0.467 e. The summed E-state index contributed by atoms with van der Waals surface area (Å²) in [5, 5.41) is 2.89. The molecule has 1 aromatic rings. The smallest absolute Gasteiger partial charge is 0.225 e. The zero-order chi connectivity index (χ0) is 16.7. The molecule has 2 rings (SSSR count). The highest BCUT2D eigenvalue weighted by molar-refractivity contribution is 5.89. The maximum atomic E-state index is 12.1. The number of furan rings is 1. The van der Waals surface area contributed by atoms with Crippen molar-refractivity contribution >= 4 is 11.8 Å². The van der Waals surface area contributed by atoms with Crippen molar-refractivity contribution in [3.05, 3.63) is 24.2 Å². The Bertz CT molecular complexity index is 499. The standard InChI is InChI=1S/C17H26N2O4/c1-13(2)12-22-7-4-6-18-17(21)14-9-16(20)19(10-14)11-15-5-3-8-23-15/h3,5,8,13-14H,4,6-7,9-12H2,1-2H3,(H,18,21). The molecule has 0 saturated carbocycles. The number of hydrogen-bond donors (Lipinski definition) is 1. The molecule has 128 valence electrons. The first-order valence-electron chi connectivity index (χ1n) is 8.22. The Labute approximate surface area is 137 Å². The van der Waals surface area contributed by atoms with Crippen molar-refractivity contribution in [2.75, 3.05) is 26.3 Å². The predicted octanol–water partition coefficient (Wildman–Crippen LogP) is 1.81. The highest BCUT2D eigenvalue weighted by Crippen LogP contribution is 2.20. The van der Waals surface area contributed by atoms with Crippen LogP contribution in [-0.4, -0.2) is 43.0 Å². The maximum absolute atomic E-state index is 12.1.